The first-order valence-electron chi connectivity index (χ1n) is 11.6. The minimum atomic E-state index is -4.59. The summed E-state index contributed by atoms with van der Waals surface area (Å²) in [7, 11) is -8.47. The van der Waals surface area contributed by atoms with Gasteiger partial charge in [-0.25, -0.2) is 8.42 Å². The van der Waals surface area contributed by atoms with E-state index in [1.165, 1.54) is 28.6 Å². The number of sulfonamides is 1. The fourth-order valence-corrected chi connectivity index (χ4v) is 6.99. The Hall–Kier alpha value is -2.06. The van der Waals surface area contributed by atoms with Crippen molar-refractivity contribution in [2.45, 2.75) is 54.9 Å². The van der Waals surface area contributed by atoms with Crippen LogP contribution in [-0.4, -0.2) is 38.3 Å². The predicted molar refractivity (Wildman–Crippen MR) is 135 cm³/mol. The van der Waals surface area contributed by atoms with Gasteiger partial charge in [-0.3, -0.25) is 4.55 Å². The van der Waals surface area contributed by atoms with E-state index >= 15 is 0 Å². The number of hydrogen-bond acceptors (Lipinski definition) is 8. The van der Waals surface area contributed by atoms with Gasteiger partial charge < -0.3 is 10.8 Å². The molecule has 10 nitrogen and oxygen atoms in total. The number of nitrogen functional groups attached to an aromatic ring is 1. The summed E-state index contributed by atoms with van der Waals surface area (Å²) < 4.78 is 61.1. The molecule has 0 heterocycles. The van der Waals surface area contributed by atoms with Crippen LogP contribution in [0, 0.1) is 0 Å². The summed E-state index contributed by atoms with van der Waals surface area (Å²) in [5.41, 5.74) is 6.21. The number of azo groups is 1. The Labute approximate surface area is 238 Å². The first-order chi connectivity index (χ1) is 17.0. The maximum Gasteiger partial charge on any atom is 1.00 e. The third-order valence-corrected chi connectivity index (χ3v) is 9.27. The van der Waals surface area contributed by atoms with Crippen LogP contribution in [-0.2, 0) is 20.1 Å². The van der Waals surface area contributed by atoms with E-state index in [0.717, 1.165) is 44.2 Å². The molecule has 1 aliphatic rings. The molecule has 0 radical (unpaired) electrons. The van der Waals surface area contributed by atoms with Crippen LogP contribution in [0.2, 0.25) is 0 Å². The molecule has 13 heteroatoms. The van der Waals surface area contributed by atoms with Crippen LogP contribution in [0.1, 0.15) is 39.0 Å². The van der Waals surface area contributed by atoms with Gasteiger partial charge in [0.2, 0.25) is 10.0 Å². The molecule has 0 atom stereocenters. The first-order valence-corrected chi connectivity index (χ1v) is 14.5. The minimum Gasteiger partial charge on any atom is -0.872 e. The Morgan fingerprint density at radius 1 is 1.03 bits per heavy atom. The second-order valence-electron chi connectivity index (χ2n) is 8.67. The molecule has 4 rings (SSSR count). The monoisotopic (exact) mass is 554 g/mol. The zero-order valence-electron chi connectivity index (χ0n) is 20.7. The van der Waals surface area contributed by atoms with Crippen molar-refractivity contribution < 1.29 is 56.1 Å². The van der Waals surface area contributed by atoms with Crippen molar-refractivity contribution >= 4 is 48.0 Å². The molecule has 0 saturated heterocycles. The molecule has 192 valence electrons. The third-order valence-electron chi connectivity index (χ3n) is 6.36. The van der Waals surface area contributed by atoms with Crippen LogP contribution >= 0.6 is 0 Å². The van der Waals surface area contributed by atoms with E-state index in [0.29, 0.717) is 6.54 Å². The molecule has 37 heavy (non-hydrogen) atoms. The zero-order chi connectivity index (χ0) is 26.1. The molecule has 0 bridgehead atoms. The molecular formula is C24H27N4NaO6S2. The predicted octanol–water partition coefficient (Wildman–Crippen LogP) is 1.51. The SMILES string of the molecule is CCN(C1CCCCC1)S(=O)(=O)c1ccccc1N=Nc1c(N)ccc2cc(S(=O)(=O)O)cc([O-])c12.[Na+]. The number of fused-ring (bicyclic) bond motifs is 1. The van der Waals surface area contributed by atoms with Crippen molar-refractivity contribution in [1.82, 2.24) is 4.31 Å². The average molecular weight is 555 g/mol. The summed E-state index contributed by atoms with van der Waals surface area (Å²) in [6, 6.07) is 10.9. The number of hydrogen-bond donors (Lipinski definition) is 2. The molecule has 1 saturated carbocycles. The van der Waals surface area contributed by atoms with E-state index < -0.39 is 30.8 Å². The van der Waals surface area contributed by atoms with Gasteiger partial charge >= 0.3 is 29.6 Å². The van der Waals surface area contributed by atoms with Crippen molar-refractivity contribution in [3.05, 3.63) is 48.5 Å². The van der Waals surface area contributed by atoms with Gasteiger partial charge in [-0.05, 0) is 48.6 Å². The number of nitrogens with two attached hydrogens (primary N) is 1. The van der Waals surface area contributed by atoms with Crippen LogP contribution in [0.5, 0.6) is 5.75 Å². The number of anilines is 1. The second kappa shape index (κ2) is 11.8. The molecule has 3 aromatic rings. The fraction of sp³-hybridized carbons (Fsp3) is 0.333. The minimum absolute atomic E-state index is 0. The van der Waals surface area contributed by atoms with Crippen molar-refractivity contribution in [3.63, 3.8) is 0 Å². The van der Waals surface area contributed by atoms with Crippen LogP contribution in [0.4, 0.5) is 17.1 Å². The summed E-state index contributed by atoms with van der Waals surface area (Å²) >= 11 is 0. The molecular weight excluding hydrogens is 527 g/mol. The Morgan fingerprint density at radius 3 is 2.35 bits per heavy atom. The molecule has 0 unspecified atom stereocenters. The third kappa shape index (κ3) is 6.17. The van der Waals surface area contributed by atoms with Crippen LogP contribution in [0.15, 0.2) is 68.6 Å². The van der Waals surface area contributed by atoms with Gasteiger partial charge in [-0.15, -0.1) is 10.2 Å². The normalized spacial score (nSPS) is 15.3. The Bertz CT molecular complexity index is 1540. The van der Waals surface area contributed by atoms with Crippen molar-refractivity contribution in [3.8, 4) is 5.75 Å². The van der Waals surface area contributed by atoms with E-state index in [1.54, 1.807) is 12.1 Å². The molecule has 0 spiro atoms. The largest absolute Gasteiger partial charge is 1.00 e. The van der Waals surface area contributed by atoms with Crippen LogP contribution < -0.4 is 40.4 Å². The Morgan fingerprint density at radius 2 is 1.70 bits per heavy atom. The second-order valence-corrected chi connectivity index (χ2v) is 11.9. The van der Waals surface area contributed by atoms with Gasteiger partial charge in [0.25, 0.3) is 10.1 Å². The van der Waals surface area contributed by atoms with E-state index in [-0.39, 0.29) is 68.3 Å². The topological polar surface area (TPSA) is 166 Å². The summed E-state index contributed by atoms with van der Waals surface area (Å²) in [4.78, 5) is -0.553. The van der Waals surface area contributed by atoms with Crippen LogP contribution in [0.25, 0.3) is 10.8 Å². The van der Waals surface area contributed by atoms with Gasteiger partial charge in [0.15, 0.2) is 0 Å². The summed E-state index contributed by atoms with van der Waals surface area (Å²) in [6.45, 7) is 2.13. The first kappa shape index (κ1) is 29.5. The zero-order valence-corrected chi connectivity index (χ0v) is 24.3. The fourth-order valence-electron chi connectivity index (χ4n) is 4.64. The summed E-state index contributed by atoms with van der Waals surface area (Å²) in [5.74, 6) is -0.725. The van der Waals surface area contributed by atoms with Gasteiger partial charge in [0.1, 0.15) is 16.3 Å². The van der Waals surface area contributed by atoms with Crippen molar-refractivity contribution in [2.24, 2.45) is 10.2 Å². The van der Waals surface area contributed by atoms with Crippen LogP contribution in [0.3, 0.4) is 0 Å². The molecule has 1 fully saturated rings. The van der Waals surface area contributed by atoms with E-state index in [2.05, 4.69) is 10.2 Å². The van der Waals surface area contributed by atoms with Gasteiger partial charge in [-0.2, -0.15) is 12.7 Å². The molecule has 3 N–H and O–H groups in total. The Balaban J connectivity index is 0.00000380. The van der Waals surface area contributed by atoms with Gasteiger partial charge in [0.05, 0.1) is 10.6 Å². The van der Waals surface area contributed by atoms with Crippen molar-refractivity contribution in [1.29, 1.82) is 0 Å². The van der Waals surface area contributed by atoms with E-state index in [9.17, 15) is 26.5 Å². The van der Waals surface area contributed by atoms with Crippen molar-refractivity contribution in [2.75, 3.05) is 12.3 Å². The quantitative estimate of drug-likeness (QED) is 0.193. The summed E-state index contributed by atoms with van der Waals surface area (Å²) in [6.07, 6.45) is 4.67. The average Bonchev–Trinajstić information content (AvgIpc) is 2.84. The van der Waals surface area contributed by atoms with Gasteiger partial charge in [0, 0.05) is 18.0 Å². The number of benzene rings is 3. The van der Waals surface area contributed by atoms with Gasteiger partial charge in [-0.1, -0.05) is 50.1 Å². The van der Waals surface area contributed by atoms with E-state index in [4.69, 9.17) is 5.73 Å². The smallest absolute Gasteiger partial charge is 0.872 e. The number of nitrogens with zero attached hydrogens (tertiary/aromatic N) is 3. The molecule has 3 aromatic carbocycles. The molecule has 0 aromatic heterocycles. The molecule has 1 aliphatic carbocycles. The standard InChI is InChI=1S/C24H28N4O6S2.Na/c1-2-28(17-8-4-3-5-9-17)35(30,31)22-11-7-6-10-20(22)26-27-24-19(25)13-12-16-14-18(36(32,33)34)15-21(29)23(16)24;/h6-7,10-15,17,29H,2-5,8-9,25H2,1H3,(H,32,33,34);/q;+1/p-1. The summed E-state index contributed by atoms with van der Waals surface area (Å²) in [5, 5.41) is 21.2. The maximum atomic E-state index is 13.6. The van der Waals surface area contributed by atoms with E-state index in [1.807, 2.05) is 6.92 Å². The molecule has 0 amide bonds. The number of rotatable bonds is 7. The Kier molecular flexibility index (Phi) is 9.38. The maximum absolute atomic E-state index is 13.6. The molecule has 0 aliphatic heterocycles.